The molecule has 0 radical (unpaired) electrons. The molecule has 7 nitrogen and oxygen atoms in total. The van der Waals surface area contributed by atoms with Gasteiger partial charge in [-0.05, 0) is 18.4 Å². The van der Waals surface area contributed by atoms with Crippen molar-refractivity contribution in [2.75, 3.05) is 25.2 Å². The van der Waals surface area contributed by atoms with Gasteiger partial charge in [0.2, 0.25) is 23.5 Å². The number of anilines is 1. The van der Waals surface area contributed by atoms with Gasteiger partial charge >= 0.3 is 0 Å². The predicted molar refractivity (Wildman–Crippen MR) is 113 cm³/mol. The van der Waals surface area contributed by atoms with Gasteiger partial charge < -0.3 is 14.7 Å². The van der Waals surface area contributed by atoms with Crippen molar-refractivity contribution in [1.82, 2.24) is 15.0 Å². The molecule has 8 heteroatoms. The lowest BCUT2D eigenvalue weighted by Gasteiger charge is -2.17. The minimum Gasteiger partial charge on any atom is -0.339 e. The quantitative estimate of drug-likeness (QED) is 0.572. The number of aryl methyl sites for hydroxylation is 1. The first-order chi connectivity index (χ1) is 14.1. The molecule has 0 spiro atoms. The lowest BCUT2D eigenvalue weighted by atomic mass is 10.2. The highest BCUT2D eigenvalue weighted by Crippen LogP contribution is 2.24. The van der Waals surface area contributed by atoms with E-state index >= 15 is 0 Å². The Kier molecular flexibility index (Phi) is 7.02. The molecule has 1 N–H and O–H groups in total. The number of amides is 2. The molecule has 0 fully saturated rings. The number of hydrogen-bond acceptors (Lipinski definition) is 6. The van der Waals surface area contributed by atoms with E-state index in [0.29, 0.717) is 18.1 Å². The van der Waals surface area contributed by atoms with Crippen molar-refractivity contribution < 1.29 is 14.1 Å². The van der Waals surface area contributed by atoms with Crippen LogP contribution in [0, 0.1) is 0 Å². The van der Waals surface area contributed by atoms with E-state index < -0.39 is 0 Å². The van der Waals surface area contributed by atoms with E-state index in [4.69, 9.17) is 4.52 Å². The summed E-state index contributed by atoms with van der Waals surface area (Å²) in [6.45, 7) is -0.0271. The predicted octanol–water partition coefficient (Wildman–Crippen LogP) is 3.49. The monoisotopic (exact) mass is 410 g/mol. The number of likely N-dealkylation sites (N-methyl/N-ethyl adjacent to an activating group) is 1. The fourth-order valence-corrected chi connectivity index (χ4v) is 3.26. The number of aromatic nitrogens is 2. The van der Waals surface area contributed by atoms with Gasteiger partial charge in [-0.25, -0.2) is 0 Å². The molecule has 1 aromatic heterocycles. The average Bonchev–Trinajstić information content (AvgIpc) is 3.22. The van der Waals surface area contributed by atoms with E-state index in [-0.39, 0.29) is 24.8 Å². The van der Waals surface area contributed by atoms with Crippen molar-refractivity contribution in [3.8, 4) is 11.4 Å². The minimum absolute atomic E-state index is 0.0271. The third-order valence-electron chi connectivity index (χ3n) is 4.24. The number of nitrogens with zero attached hydrogens (tertiary/aromatic N) is 3. The normalized spacial score (nSPS) is 10.6. The van der Waals surface area contributed by atoms with Crippen LogP contribution in [0.1, 0.15) is 12.3 Å². The lowest BCUT2D eigenvalue weighted by molar-refractivity contribution is -0.133. The van der Waals surface area contributed by atoms with E-state index in [1.165, 1.54) is 4.90 Å². The molecule has 29 heavy (non-hydrogen) atoms. The van der Waals surface area contributed by atoms with Crippen LogP contribution in [-0.2, 0) is 16.0 Å². The van der Waals surface area contributed by atoms with Gasteiger partial charge in [0.05, 0.1) is 12.2 Å². The zero-order valence-electron chi connectivity index (χ0n) is 16.3. The van der Waals surface area contributed by atoms with Crippen molar-refractivity contribution in [3.63, 3.8) is 0 Å². The molecule has 150 valence electrons. The first kappa shape index (κ1) is 20.6. The Morgan fingerprint density at radius 3 is 2.59 bits per heavy atom. The zero-order valence-corrected chi connectivity index (χ0v) is 17.1. The molecule has 0 aliphatic rings. The van der Waals surface area contributed by atoms with E-state index in [9.17, 15) is 9.59 Å². The van der Waals surface area contributed by atoms with E-state index in [0.717, 1.165) is 16.1 Å². The van der Waals surface area contributed by atoms with Gasteiger partial charge in [0, 0.05) is 30.3 Å². The van der Waals surface area contributed by atoms with Crippen LogP contribution in [0.3, 0.4) is 0 Å². The minimum atomic E-state index is -0.244. The molecular formula is C21H22N4O3S. The number of para-hydroxylation sites is 1. The van der Waals surface area contributed by atoms with Gasteiger partial charge in [-0.15, -0.1) is 11.8 Å². The molecule has 0 atom stereocenters. The number of rotatable bonds is 8. The fraction of sp³-hybridized carbons (Fsp3) is 0.238. The largest absolute Gasteiger partial charge is 0.339 e. The van der Waals surface area contributed by atoms with Crippen LogP contribution < -0.4 is 5.32 Å². The van der Waals surface area contributed by atoms with Gasteiger partial charge in [-0.3, -0.25) is 9.59 Å². The second kappa shape index (κ2) is 9.88. The molecule has 2 aromatic carbocycles. The van der Waals surface area contributed by atoms with Gasteiger partial charge in [0.25, 0.3) is 0 Å². The average molecular weight is 410 g/mol. The summed E-state index contributed by atoms with van der Waals surface area (Å²) in [7, 11) is 1.60. The highest BCUT2D eigenvalue weighted by Gasteiger charge is 2.16. The topological polar surface area (TPSA) is 88.3 Å². The first-order valence-corrected chi connectivity index (χ1v) is 10.3. The standard InChI is InChI=1S/C21H22N4O3S/c1-25(14-18(26)22-16-10-6-7-11-17(16)29-2)20(27)13-12-19-23-21(24-28-19)15-8-4-3-5-9-15/h3-11H,12-14H2,1-2H3,(H,22,26). The summed E-state index contributed by atoms with van der Waals surface area (Å²) in [6.07, 6.45) is 2.45. The van der Waals surface area contributed by atoms with Gasteiger partial charge in [-0.2, -0.15) is 4.98 Å². The van der Waals surface area contributed by atoms with Crippen LogP contribution in [0.2, 0.25) is 0 Å². The summed E-state index contributed by atoms with van der Waals surface area (Å²) in [4.78, 5) is 31.3. The van der Waals surface area contributed by atoms with Crippen molar-refractivity contribution in [2.24, 2.45) is 0 Å². The highest BCUT2D eigenvalue weighted by molar-refractivity contribution is 7.98. The van der Waals surface area contributed by atoms with Crippen molar-refractivity contribution >= 4 is 29.3 Å². The van der Waals surface area contributed by atoms with Crippen molar-refractivity contribution in [1.29, 1.82) is 0 Å². The van der Waals surface area contributed by atoms with E-state index in [2.05, 4.69) is 15.5 Å². The molecule has 0 unspecified atom stereocenters. The van der Waals surface area contributed by atoms with E-state index in [1.807, 2.05) is 60.9 Å². The van der Waals surface area contributed by atoms with E-state index in [1.54, 1.807) is 18.8 Å². The second-order valence-electron chi connectivity index (χ2n) is 6.38. The maximum atomic E-state index is 12.4. The Hall–Kier alpha value is -3.13. The number of nitrogens with one attached hydrogen (secondary N) is 1. The van der Waals surface area contributed by atoms with Crippen LogP contribution in [0.4, 0.5) is 5.69 Å². The molecule has 3 aromatic rings. The third kappa shape index (κ3) is 5.68. The Morgan fingerprint density at radius 2 is 1.83 bits per heavy atom. The summed E-state index contributed by atoms with van der Waals surface area (Å²) in [6, 6.07) is 17.0. The zero-order chi connectivity index (χ0) is 20.6. The fourth-order valence-electron chi connectivity index (χ4n) is 2.71. The highest BCUT2D eigenvalue weighted by atomic mass is 32.2. The molecule has 0 saturated heterocycles. The Labute approximate surface area is 173 Å². The van der Waals surface area contributed by atoms with Crippen LogP contribution in [0.25, 0.3) is 11.4 Å². The van der Waals surface area contributed by atoms with Crippen LogP contribution in [-0.4, -0.2) is 46.7 Å². The number of carbonyl (C=O) groups is 2. The maximum absolute atomic E-state index is 12.4. The molecule has 0 saturated carbocycles. The first-order valence-electron chi connectivity index (χ1n) is 9.11. The summed E-state index contributed by atoms with van der Waals surface area (Å²) in [5.74, 6) is 0.474. The van der Waals surface area contributed by atoms with Crippen LogP contribution >= 0.6 is 11.8 Å². The van der Waals surface area contributed by atoms with Gasteiger partial charge in [0.15, 0.2) is 0 Å². The molecule has 0 aliphatic heterocycles. The Morgan fingerprint density at radius 1 is 1.10 bits per heavy atom. The number of thioether (sulfide) groups is 1. The summed E-state index contributed by atoms with van der Waals surface area (Å²) >= 11 is 1.55. The van der Waals surface area contributed by atoms with Crippen molar-refractivity contribution in [3.05, 3.63) is 60.5 Å². The Balaban J connectivity index is 1.49. The molecule has 3 rings (SSSR count). The summed E-state index contributed by atoms with van der Waals surface area (Å²) in [5, 5.41) is 6.79. The summed E-state index contributed by atoms with van der Waals surface area (Å²) < 4.78 is 5.22. The number of benzene rings is 2. The smallest absolute Gasteiger partial charge is 0.244 e. The molecule has 0 bridgehead atoms. The molecule has 1 heterocycles. The number of hydrogen-bond donors (Lipinski definition) is 1. The molecule has 0 aliphatic carbocycles. The van der Waals surface area contributed by atoms with Gasteiger partial charge in [-0.1, -0.05) is 47.6 Å². The summed E-state index contributed by atoms with van der Waals surface area (Å²) in [5.41, 5.74) is 1.60. The third-order valence-corrected chi connectivity index (χ3v) is 5.04. The Bertz CT molecular complexity index is 975. The second-order valence-corrected chi connectivity index (χ2v) is 7.22. The maximum Gasteiger partial charge on any atom is 0.244 e. The molecule has 2 amide bonds. The number of carbonyl (C=O) groups excluding carboxylic acids is 2. The van der Waals surface area contributed by atoms with Gasteiger partial charge in [0.1, 0.15) is 0 Å². The molecular weight excluding hydrogens is 388 g/mol. The SMILES string of the molecule is CSc1ccccc1NC(=O)CN(C)C(=O)CCc1nc(-c2ccccc2)no1. The lowest BCUT2D eigenvalue weighted by Crippen LogP contribution is -2.35. The van der Waals surface area contributed by atoms with Crippen molar-refractivity contribution in [2.45, 2.75) is 17.7 Å². The van der Waals surface area contributed by atoms with Crippen LogP contribution in [0.5, 0.6) is 0 Å². The van der Waals surface area contributed by atoms with Crippen LogP contribution in [0.15, 0.2) is 64.0 Å².